The SMILES string of the molecule is CCNC(=NCc1ncnn1C)NCCNC(=O)c1scnc1C. The van der Waals surface area contributed by atoms with Crippen LogP contribution in [-0.4, -0.2) is 51.2 Å². The molecule has 0 aliphatic carbocycles. The number of guanidine groups is 1. The Balaban J connectivity index is 1.78. The minimum absolute atomic E-state index is 0.0992. The van der Waals surface area contributed by atoms with E-state index in [9.17, 15) is 4.79 Å². The van der Waals surface area contributed by atoms with Gasteiger partial charge >= 0.3 is 0 Å². The zero-order valence-electron chi connectivity index (χ0n) is 14.0. The highest BCUT2D eigenvalue weighted by atomic mass is 32.1. The second-order valence-corrected chi connectivity index (χ2v) is 5.80. The summed E-state index contributed by atoms with van der Waals surface area (Å²) in [6, 6.07) is 0. The fourth-order valence-corrected chi connectivity index (χ4v) is 2.63. The number of amides is 1. The van der Waals surface area contributed by atoms with Crippen LogP contribution in [0.2, 0.25) is 0 Å². The molecule has 0 aliphatic heterocycles. The third kappa shape index (κ3) is 5.01. The second kappa shape index (κ2) is 8.96. The van der Waals surface area contributed by atoms with Crippen LogP contribution in [0.3, 0.4) is 0 Å². The number of aliphatic imine (C=N–C) groups is 1. The number of thiazole rings is 1. The van der Waals surface area contributed by atoms with Crippen LogP contribution in [0.15, 0.2) is 16.8 Å². The molecule has 0 atom stereocenters. The van der Waals surface area contributed by atoms with Crippen LogP contribution in [0.25, 0.3) is 0 Å². The zero-order valence-corrected chi connectivity index (χ0v) is 14.9. The van der Waals surface area contributed by atoms with Crippen LogP contribution < -0.4 is 16.0 Å². The number of hydrogen-bond acceptors (Lipinski definition) is 6. The van der Waals surface area contributed by atoms with Gasteiger partial charge in [-0.1, -0.05) is 0 Å². The lowest BCUT2D eigenvalue weighted by atomic mass is 10.4. The Morgan fingerprint density at radius 2 is 2.08 bits per heavy atom. The van der Waals surface area contributed by atoms with Gasteiger partial charge in [0, 0.05) is 26.7 Å². The monoisotopic (exact) mass is 350 g/mol. The highest BCUT2D eigenvalue weighted by Crippen LogP contribution is 2.10. The largest absolute Gasteiger partial charge is 0.357 e. The van der Waals surface area contributed by atoms with E-state index in [4.69, 9.17) is 0 Å². The molecule has 3 N–H and O–H groups in total. The van der Waals surface area contributed by atoms with Gasteiger partial charge in [-0.2, -0.15) is 5.10 Å². The summed E-state index contributed by atoms with van der Waals surface area (Å²) in [5.74, 6) is 1.35. The Morgan fingerprint density at radius 1 is 1.29 bits per heavy atom. The molecule has 2 aromatic rings. The molecule has 10 heteroatoms. The van der Waals surface area contributed by atoms with E-state index in [-0.39, 0.29) is 5.91 Å². The van der Waals surface area contributed by atoms with Crippen molar-refractivity contribution in [3.63, 3.8) is 0 Å². The van der Waals surface area contributed by atoms with E-state index in [1.807, 2.05) is 20.9 Å². The number of aryl methyl sites for hydroxylation is 2. The van der Waals surface area contributed by atoms with Crippen molar-refractivity contribution in [2.75, 3.05) is 19.6 Å². The molecule has 0 fully saturated rings. The van der Waals surface area contributed by atoms with E-state index in [1.165, 1.54) is 17.7 Å². The van der Waals surface area contributed by atoms with E-state index < -0.39 is 0 Å². The molecule has 0 spiro atoms. The molecule has 2 rings (SSSR count). The van der Waals surface area contributed by atoms with Crippen molar-refractivity contribution >= 4 is 23.2 Å². The third-order valence-electron chi connectivity index (χ3n) is 3.18. The summed E-state index contributed by atoms with van der Waals surface area (Å²) in [4.78, 5) is 25.3. The number of carbonyl (C=O) groups excluding carboxylic acids is 1. The summed E-state index contributed by atoms with van der Waals surface area (Å²) >= 11 is 1.34. The molecule has 0 aromatic carbocycles. The van der Waals surface area contributed by atoms with Crippen molar-refractivity contribution in [2.24, 2.45) is 12.0 Å². The molecule has 0 radical (unpaired) electrons. The van der Waals surface area contributed by atoms with Crippen LogP contribution in [-0.2, 0) is 13.6 Å². The normalized spacial score (nSPS) is 11.4. The van der Waals surface area contributed by atoms with Crippen LogP contribution in [0.1, 0.15) is 28.1 Å². The van der Waals surface area contributed by atoms with Gasteiger partial charge in [0.15, 0.2) is 5.96 Å². The number of hydrogen-bond donors (Lipinski definition) is 3. The van der Waals surface area contributed by atoms with Gasteiger partial charge in [-0.3, -0.25) is 9.48 Å². The quantitative estimate of drug-likeness (QED) is 0.370. The first-order chi connectivity index (χ1) is 11.6. The smallest absolute Gasteiger partial charge is 0.263 e. The van der Waals surface area contributed by atoms with Gasteiger partial charge in [0.25, 0.3) is 5.91 Å². The molecule has 0 saturated carbocycles. The lowest BCUT2D eigenvalue weighted by Crippen LogP contribution is -2.41. The molecular formula is C14H22N8OS. The molecule has 0 bridgehead atoms. The van der Waals surface area contributed by atoms with Crippen LogP contribution in [0.5, 0.6) is 0 Å². The minimum atomic E-state index is -0.0992. The lowest BCUT2D eigenvalue weighted by Gasteiger charge is -2.11. The van der Waals surface area contributed by atoms with Gasteiger partial charge in [-0.05, 0) is 13.8 Å². The Kier molecular flexibility index (Phi) is 6.67. The maximum Gasteiger partial charge on any atom is 0.263 e. The first-order valence-electron chi connectivity index (χ1n) is 7.65. The van der Waals surface area contributed by atoms with Gasteiger partial charge in [0.1, 0.15) is 23.6 Å². The summed E-state index contributed by atoms with van der Waals surface area (Å²) < 4.78 is 1.69. The predicted molar refractivity (Wildman–Crippen MR) is 93.0 cm³/mol. The number of nitrogens with one attached hydrogen (secondary N) is 3. The number of rotatable bonds is 7. The minimum Gasteiger partial charge on any atom is -0.357 e. The number of nitrogens with zero attached hydrogens (tertiary/aromatic N) is 5. The molecule has 2 heterocycles. The average molecular weight is 350 g/mol. The van der Waals surface area contributed by atoms with Crippen LogP contribution in [0, 0.1) is 6.92 Å². The number of carbonyl (C=O) groups is 1. The Labute approximate surface area is 144 Å². The van der Waals surface area contributed by atoms with E-state index in [1.54, 1.807) is 10.2 Å². The molecule has 24 heavy (non-hydrogen) atoms. The third-order valence-corrected chi connectivity index (χ3v) is 4.11. The zero-order chi connectivity index (χ0) is 17.4. The van der Waals surface area contributed by atoms with E-state index in [2.05, 4.69) is 36.0 Å². The second-order valence-electron chi connectivity index (χ2n) is 4.94. The van der Waals surface area contributed by atoms with E-state index >= 15 is 0 Å². The summed E-state index contributed by atoms with van der Waals surface area (Å²) in [5.41, 5.74) is 2.43. The van der Waals surface area contributed by atoms with Crippen molar-refractivity contribution in [1.82, 2.24) is 35.7 Å². The predicted octanol–water partition coefficient (Wildman–Crippen LogP) is 0.0651. The fourth-order valence-electron chi connectivity index (χ4n) is 1.91. The molecule has 9 nitrogen and oxygen atoms in total. The number of aromatic nitrogens is 4. The van der Waals surface area contributed by atoms with Crippen molar-refractivity contribution in [3.8, 4) is 0 Å². The first kappa shape index (κ1) is 17.9. The first-order valence-corrected chi connectivity index (χ1v) is 8.53. The maximum absolute atomic E-state index is 12.0. The molecular weight excluding hydrogens is 328 g/mol. The van der Waals surface area contributed by atoms with Crippen LogP contribution in [0.4, 0.5) is 0 Å². The lowest BCUT2D eigenvalue weighted by molar-refractivity contribution is 0.0957. The highest BCUT2D eigenvalue weighted by Gasteiger charge is 2.10. The Hall–Kier alpha value is -2.49. The van der Waals surface area contributed by atoms with Crippen molar-refractivity contribution in [3.05, 3.63) is 28.2 Å². The van der Waals surface area contributed by atoms with Gasteiger partial charge < -0.3 is 16.0 Å². The van der Waals surface area contributed by atoms with Gasteiger partial charge in [-0.25, -0.2) is 15.0 Å². The summed E-state index contributed by atoms with van der Waals surface area (Å²) in [7, 11) is 1.83. The van der Waals surface area contributed by atoms with Crippen molar-refractivity contribution in [1.29, 1.82) is 0 Å². The summed E-state index contributed by atoms with van der Waals surface area (Å²) in [6.45, 7) is 6.05. The standard InChI is InChI=1S/C14H22N8OS/c1-4-15-14(18-7-11-19-8-21-22(11)3)17-6-5-16-13(23)12-10(2)20-9-24-12/h8-9H,4-7H2,1-3H3,(H,16,23)(H2,15,17,18). The Morgan fingerprint density at radius 3 is 2.71 bits per heavy atom. The highest BCUT2D eigenvalue weighted by molar-refractivity contribution is 7.11. The molecule has 2 aromatic heterocycles. The average Bonchev–Trinajstić information content (AvgIpc) is 3.17. The topological polar surface area (TPSA) is 109 Å². The van der Waals surface area contributed by atoms with Gasteiger partial charge in [0.2, 0.25) is 0 Å². The Bertz CT molecular complexity index is 693. The molecule has 0 aliphatic rings. The van der Waals surface area contributed by atoms with E-state index in [0.29, 0.717) is 30.5 Å². The molecule has 0 saturated heterocycles. The maximum atomic E-state index is 12.0. The molecule has 0 unspecified atom stereocenters. The molecule has 1 amide bonds. The van der Waals surface area contributed by atoms with Crippen molar-refractivity contribution < 1.29 is 4.79 Å². The summed E-state index contributed by atoms with van der Waals surface area (Å²) in [5, 5.41) is 13.2. The summed E-state index contributed by atoms with van der Waals surface area (Å²) in [6.07, 6.45) is 1.50. The van der Waals surface area contributed by atoms with E-state index in [0.717, 1.165) is 18.1 Å². The molecule has 130 valence electrons. The van der Waals surface area contributed by atoms with Gasteiger partial charge in [0.05, 0.1) is 11.2 Å². The van der Waals surface area contributed by atoms with Gasteiger partial charge in [-0.15, -0.1) is 11.3 Å². The van der Waals surface area contributed by atoms with Crippen LogP contribution >= 0.6 is 11.3 Å². The fraction of sp³-hybridized carbons (Fsp3) is 0.500. The van der Waals surface area contributed by atoms with Crippen molar-refractivity contribution in [2.45, 2.75) is 20.4 Å².